The molecule has 0 bridgehead atoms. The van der Waals surface area contributed by atoms with Crippen molar-refractivity contribution in [2.75, 3.05) is 44.2 Å². The van der Waals surface area contributed by atoms with Gasteiger partial charge in [-0.3, -0.25) is 4.90 Å². The van der Waals surface area contributed by atoms with Crippen LogP contribution in [-0.2, 0) is 0 Å². The highest BCUT2D eigenvalue weighted by atomic mass is 35.5. The van der Waals surface area contributed by atoms with E-state index in [9.17, 15) is 0 Å². The van der Waals surface area contributed by atoms with Crippen molar-refractivity contribution in [3.05, 3.63) is 59.1 Å². The van der Waals surface area contributed by atoms with Gasteiger partial charge in [0.25, 0.3) is 0 Å². The number of hydrogen-bond acceptors (Lipinski definition) is 3. The van der Waals surface area contributed by atoms with Crippen LogP contribution in [0.3, 0.4) is 0 Å². The zero-order valence-electron chi connectivity index (χ0n) is 13.5. The lowest BCUT2D eigenvalue weighted by atomic mass is 10.2. The number of piperazine rings is 1. The number of aryl methyl sites for hydroxylation is 1. The summed E-state index contributed by atoms with van der Waals surface area (Å²) in [5.41, 5.74) is 2.35. The van der Waals surface area contributed by atoms with E-state index in [2.05, 4.69) is 28.0 Å². The van der Waals surface area contributed by atoms with Crippen molar-refractivity contribution in [3.63, 3.8) is 0 Å². The summed E-state index contributed by atoms with van der Waals surface area (Å²) in [7, 11) is 0. The molecule has 2 aromatic rings. The fraction of sp³-hybridized carbons (Fsp3) is 0.368. The standard InChI is InChI=1S/C19H23ClN2O/c1-16-7-8-17(15-19(16)20)22-11-9-21(10-12-22)13-14-23-18-5-3-2-4-6-18/h2-8,15H,9-14H2,1H3. The summed E-state index contributed by atoms with van der Waals surface area (Å²) in [6.45, 7) is 7.93. The summed E-state index contributed by atoms with van der Waals surface area (Å²) >= 11 is 6.23. The van der Waals surface area contributed by atoms with E-state index in [-0.39, 0.29) is 0 Å². The minimum Gasteiger partial charge on any atom is -0.492 e. The molecule has 2 aromatic carbocycles. The maximum atomic E-state index is 6.23. The van der Waals surface area contributed by atoms with Crippen LogP contribution in [0.25, 0.3) is 0 Å². The Balaban J connectivity index is 1.44. The second kappa shape index (κ2) is 7.71. The van der Waals surface area contributed by atoms with Gasteiger partial charge < -0.3 is 9.64 Å². The molecule has 0 saturated carbocycles. The molecule has 3 nitrogen and oxygen atoms in total. The molecule has 23 heavy (non-hydrogen) atoms. The van der Waals surface area contributed by atoms with Crippen LogP contribution in [0, 0.1) is 6.92 Å². The van der Waals surface area contributed by atoms with E-state index in [4.69, 9.17) is 16.3 Å². The predicted molar refractivity (Wildman–Crippen MR) is 96.8 cm³/mol. The Morgan fingerprint density at radius 2 is 1.74 bits per heavy atom. The first-order valence-electron chi connectivity index (χ1n) is 8.14. The molecule has 0 aromatic heterocycles. The van der Waals surface area contributed by atoms with Crippen molar-refractivity contribution in [3.8, 4) is 5.75 Å². The van der Waals surface area contributed by atoms with E-state index in [0.717, 1.165) is 55.7 Å². The third kappa shape index (κ3) is 4.40. The van der Waals surface area contributed by atoms with Gasteiger partial charge in [-0.05, 0) is 36.8 Å². The maximum absolute atomic E-state index is 6.23. The molecule has 1 aliphatic heterocycles. The molecule has 4 heteroatoms. The smallest absolute Gasteiger partial charge is 0.119 e. The van der Waals surface area contributed by atoms with Gasteiger partial charge in [-0.15, -0.1) is 0 Å². The Kier molecular flexibility index (Phi) is 5.42. The summed E-state index contributed by atoms with van der Waals surface area (Å²) in [5, 5.41) is 0.848. The summed E-state index contributed by atoms with van der Waals surface area (Å²) in [6.07, 6.45) is 0. The highest BCUT2D eigenvalue weighted by molar-refractivity contribution is 6.31. The number of anilines is 1. The molecule has 0 amide bonds. The average Bonchev–Trinajstić information content (AvgIpc) is 2.59. The minimum absolute atomic E-state index is 0.736. The number of ether oxygens (including phenoxy) is 1. The van der Waals surface area contributed by atoms with Crippen LogP contribution in [0.4, 0.5) is 5.69 Å². The number of benzene rings is 2. The van der Waals surface area contributed by atoms with Crippen LogP contribution in [-0.4, -0.2) is 44.2 Å². The molecule has 0 radical (unpaired) electrons. The van der Waals surface area contributed by atoms with Crippen LogP contribution in [0.5, 0.6) is 5.75 Å². The number of halogens is 1. The lowest BCUT2D eigenvalue weighted by molar-refractivity contribution is 0.200. The Bertz CT molecular complexity index is 625. The van der Waals surface area contributed by atoms with Gasteiger partial charge in [0, 0.05) is 43.4 Å². The van der Waals surface area contributed by atoms with Gasteiger partial charge in [0.05, 0.1) is 0 Å². The SMILES string of the molecule is Cc1ccc(N2CCN(CCOc3ccccc3)CC2)cc1Cl. The number of rotatable bonds is 5. The van der Waals surface area contributed by atoms with Gasteiger partial charge in [0.1, 0.15) is 12.4 Å². The molecule has 0 unspecified atom stereocenters. The van der Waals surface area contributed by atoms with Gasteiger partial charge in [-0.1, -0.05) is 35.9 Å². The Labute approximate surface area is 143 Å². The highest BCUT2D eigenvalue weighted by Gasteiger charge is 2.17. The first kappa shape index (κ1) is 16.2. The maximum Gasteiger partial charge on any atom is 0.119 e. The lowest BCUT2D eigenvalue weighted by Gasteiger charge is -2.36. The van der Waals surface area contributed by atoms with E-state index in [1.165, 1.54) is 5.69 Å². The number of nitrogens with zero attached hydrogens (tertiary/aromatic N) is 2. The third-order valence-corrected chi connectivity index (χ3v) is 4.72. The predicted octanol–water partition coefficient (Wildman–Crippen LogP) is 3.85. The molecule has 3 rings (SSSR count). The molecule has 1 fully saturated rings. The second-order valence-corrected chi connectivity index (χ2v) is 6.33. The van der Waals surface area contributed by atoms with Crippen molar-refractivity contribution in [2.24, 2.45) is 0 Å². The molecule has 0 aliphatic carbocycles. The Morgan fingerprint density at radius 1 is 1.00 bits per heavy atom. The van der Waals surface area contributed by atoms with E-state index in [1.807, 2.05) is 37.3 Å². The molecule has 122 valence electrons. The average molecular weight is 331 g/mol. The molecule has 1 saturated heterocycles. The first-order chi connectivity index (χ1) is 11.2. The highest BCUT2D eigenvalue weighted by Crippen LogP contribution is 2.24. The summed E-state index contributed by atoms with van der Waals surface area (Å²) < 4.78 is 5.78. The van der Waals surface area contributed by atoms with Gasteiger partial charge in [0.2, 0.25) is 0 Å². The summed E-state index contributed by atoms with van der Waals surface area (Å²) in [5.74, 6) is 0.945. The number of hydrogen-bond donors (Lipinski definition) is 0. The zero-order valence-corrected chi connectivity index (χ0v) is 14.3. The van der Waals surface area contributed by atoms with Crippen LogP contribution in [0.15, 0.2) is 48.5 Å². The summed E-state index contributed by atoms with van der Waals surface area (Å²) in [4.78, 5) is 4.86. The first-order valence-corrected chi connectivity index (χ1v) is 8.51. The summed E-state index contributed by atoms with van der Waals surface area (Å²) in [6, 6.07) is 16.3. The molecule has 1 aliphatic rings. The third-order valence-electron chi connectivity index (χ3n) is 4.31. The molecule has 1 heterocycles. The topological polar surface area (TPSA) is 15.7 Å². The van der Waals surface area contributed by atoms with E-state index < -0.39 is 0 Å². The number of para-hydroxylation sites is 1. The van der Waals surface area contributed by atoms with Crippen molar-refractivity contribution in [2.45, 2.75) is 6.92 Å². The van der Waals surface area contributed by atoms with Crippen LogP contribution in [0.1, 0.15) is 5.56 Å². The van der Waals surface area contributed by atoms with Gasteiger partial charge in [0.15, 0.2) is 0 Å². The van der Waals surface area contributed by atoms with E-state index in [0.29, 0.717) is 0 Å². The lowest BCUT2D eigenvalue weighted by Crippen LogP contribution is -2.47. The van der Waals surface area contributed by atoms with Gasteiger partial charge in [-0.2, -0.15) is 0 Å². The van der Waals surface area contributed by atoms with Crippen molar-refractivity contribution in [1.82, 2.24) is 4.90 Å². The van der Waals surface area contributed by atoms with Crippen LogP contribution in [0.2, 0.25) is 5.02 Å². The quantitative estimate of drug-likeness (QED) is 0.828. The van der Waals surface area contributed by atoms with Gasteiger partial charge >= 0.3 is 0 Å². The Morgan fingerprint density at radius 3 is 2.43 bits per heavy atom. The van der Waals surface area contributed by atoms with Crippen LogP contribution >= 0.6 is 11.6 Å². The fourth-order valence-electron chi connectivity index (χ4n) is 2.82. The Hall–Kier alpha value is -1.71. The van der Waals surface area contributed by atoms with Crippen molar-refractivity contribution in [1.29, 1.82) is 0 Å². The molecule has 0 spiro atoms. The fourth-order valence-corrected chi connectivity index (χ4v) is 2.99. The molecule has 0 N–H and O–H groups in total. The minimum atomic E-state index is 0.736. The van der Waals surface area contributed by atoms with E-state index >= 15 is 0 Å². The second-order valence-electron chi connectivity index (χ2n) is 5.92. The molecular formula is C19H23ClN2O. The van der Waals surface area contributed by atoms with Crippen molar-refractivity contribution < 1.29 is 4.74 Å². The van der Waals surface area contributed by atoms with Crippen molar-refractivity contribution >= 4 is 17.3 Å². The van der Waals surface area contributed by atoms with E-state index in [1.54, 1.807) is 0 Å². The van der Waals surface area contributed by atoms with Crippen LogP contribution < -0.4 is 9.64 Å². The molecular weight excluding hydrogens is 308 g/mol. The monoisotopic (exact) mass is 330 g/mol. The zero-order chi connectivity index (χ0) is 16.1. The largest absolute Gasteiger partial charge is 0.492 e. The molecule has 0 atom stereocenters. The van der Waals surface area contributed by atoms with Gasteiger partial charge in [-0.25, -0.2) is 0 Å². The normalized spacial score (nSPS) is 15.7.